The van der Waals surface area contributed by atoms with Crippen LogP contribution in [0, 0.1) is 0 Å². The van der Waals surface area contributed by atoms with Crippen molar-refractivity contribution in [2.45, 2.75) is 147 Å². The number of hydrogen-bond donors (Lipinski definition) is 3. The molecule has 2 heterocycles. The van der Waals surface area contributed by atoms with Crippen LogP contribution in [-0.4, -0.2) is 64.3 Å². The van der Waals surface area contributed by atoms with Crippen LogP contribution < -0.4 is 0 Å². The van der Waals surface area contributed by atoms with E-state index in [0.29, 0.717) is 25.9 Å². The molecule has 178 valence electrons. The zero-order valence-electron chi connectivity index (χ0n) is 19.4. The highest BCUT2D eigenvalue weighted by Gasteiger charge is 2.42. The molecule has 2 saturated heterocycles. The van der Waals surface area contributed by atoms with E-state index in [1.54, 1.807) is 0 Å². The van der Waals surface area contributed by atoms with Gasteiger partial charge in [-0.15, -0.1) is 0 Å². The minimum Gasteiger partial charge on any atom is -0.390 e. The van der Waals surface area contributed by atoms with Crippen LogP contribution in [0.25, 0.3) is 0 Å². The van der Waals surface area contributed by atoms with E-state index in [0.717, 1.165) is 25.7 Å². The van der Waals surface area contributed by atoms with E-state index in [-0.39, 0.29) is 18.3 Å². The van der Waals surface area contributed by atoms with Crippen LogP contribution in [0.15, 0.2) is 0 Å². The Morgan fingerprint density at radius 1 is 0.800 bits per heavy atom. The van der Waals surface area contributed by atoms with E-state index in [2.05, 4.69) is 6.92 Å². The SMILES string of the molecule is CCCCCCCCCC[C@H](O)[C@@H](O)CC[C@H](O)[C@@H]1CC[C@H]([C@H]2COC(C)(C)O2)O1. The van der Waals surface area contributed by atoms with Gasteiger partial charge in [-0.25, -0.2) is 0 Å². The molecule has 0 saturated carbocycles. The summed E-state index contributed by atoms with van der Waals surface area (Å²) < 4.78 is 17.5. The smallest absolute Gasteiger partial charge is 0.163 e. The van der Waals surface area contributed by atoms with Crippen molar-refractivity contribution < 1.29 is 29.5 Å². The van der Waals surface area contributed by atoms with Crippen molar-refractivity contribution in [3.8, 4) is 0 Å². The summed E-state index contributed by atoms with van der Waals surface area (Å²) in [7, 11) is 0. The maximum absolute atomic E-state index is 10.5. The zero-order valence-corrected chi connectivity index (χ0v) is 19.4. The van der Waals surface area contributed by atoms with Gasteiger partial charge >= 0.3 is 0 Å². The lowest BCUT2D eigenvalue weighted by Crippen LogP contribution is -2.34. The molecule has 0 aromatic heterocycles. The summed E-state index contributed by atoms with van der Waals surface area (Å²) in [6.07, 6.45) is 10.3. The Hall–Kier alpha value is -0.240. The van der Waals surface area contributed by atoms with Crippen LogP contribution in [-0.2, 0) is 14.2 Å². The summed E-state index contributed by atoms with van der Waals surface area (Å²) in [6.45, 7) is 6.54. The molecule has 3 N–H and O–H groups in total. The molecule has 0 aromatic carbocycles. The molecule has 0 aromatic rings. The maximum Gasteiger partial charge on any atom is 0.163 e. The molecule has 30 heavy (non-hydrogen) atoms. The fourth-order valence-electron chi connectivity index (χ4n) is 4.54. The number of hydrogen-bond acceptors (Lipinski definition) is 6. The van der Waals surface area contributed by atoms with Gasteiger partial charge in [-0.2, -0.15) is 0 Å². The monoisotopic (exact) mass is 430 g/mol. The lowest BCUT2D eigenvalue weighted by molar-refractivity contribution is -0.158. The Kier molecular flexibility index (Phi) is 11.6. The van der Waals surface area contributed by atoms with Gasteiger partial charge in [0, 0.05) is 0 Å². The first-order chi connectivity index (χ1) is 14.3. The number of unbranched alkanes of at least 4 members (excludes halogenated alkanes) is 7. The summed E-state index contributed by atoms with van der Waals surface area (Å²) in [5, 5.41) is 31.0. The van der Waals surface area contributed by atoms with Crippen molar-refractivity contribution in [3.05, 3.63) is 0 Å². The molecular weight excluding hydrogens is 384 g/mol. The number of aliphatic hydroxyl groups is 3. The van der Waals surface area contributed by atoms with Gasteiger partial charge in [0.2, 0.25) is 0 Å². The van der Waals surface area contributed by atoms with Gasteiger partial charge in [0.15, 0.2) is 5.79 Å². The Morgan fingerprint density at radius 3 is 2.07 bits per heavy atom. The normalized spacial score (nSPS) is 29.2. The molecule has 6 heteroatoms. The Balaban J connectivity index is 1.54. The van der Waals surface area contributed by atoms with Crippen LogP contribution in [0.1, 0.15) is 104 Å². The standard InChI is InChI=1S/C24H46O6/c1-4-5-6-7-8-9-10-11-12-18(25)19(26)13-14-20(27)21-15-16-22(29-21)23-17-28-24(2,3)30-23/h18-23,25-27H,4-17H2,1-3H3/t18-,19-,20-,21-,22+,23+/m0/s1. The highest BCUT2D eigenvalue weighted by atomic mass is 16.7. The Bertz CT molecular complexity index is 457. The highest BCUT2D eigenvalue weighted by Crippen LogP contribution is 2.33. The van der Waals surface area contributed by atoms with E-state index in [9.17, 15) is 15.3 Å². The molecule has 2 rings (SSSR count). The Morgan fingerprint density at radius 2 is 1.43 bits per heavy atom. The van der Waals surface area contributed by atoms with E-state index in [1.807, 2.05) is 13.8 Å². The average molecular weight is 431 g/mol. The van der Waals surface area contributed by atoms with Gasteiger partial charge in [0.05, 0.1) is 37.1 Å². The average Bonchev–Trinajstić information content (AvgIpc) is 3.34. The van der Waals surface area contributed by atoms with Crippen LogP contribution in [0.5, 0.6) is 0 Å². The van der Waals surface area contributed by atoms with Crippen molar-refractivity contribution in [3.63, 3.8) is 0 Å². The van der Waals surface area contributed by atoms with Crippen molar-refractivity contribution in [2.24, 2.45) is 0 Å². The molecule has 0 spiro atoms. The lowest BCUT2D eigenvalue weighted by atomic mass is 9.98. The molecule has 0 aliphatic carbocycles. The molecular formula is C24H46O6. The van der Waals surface area contributed by atoms with Crippen molar-refractivity contribution in [1.29, 1.82) is 0 Å². The molecule has 2 fully saturated rings. The lowest BCUT2D eigenvalue weighted by Gasteiger charge is -2.24. The molecule has 0 amide bonds. The van der Waals surface area contributed by atoms with Gasteiger partial charge in [-0.3, -0.25) is 0 Å². The van der Waals surface area contributed by atoms with E-state index in [4.69, 9.17) is 14.2 Å². The number of rotatable bonds is 15. The fourth-order valence-corrected chi connectivity index (χ4v) is 4.54. The Labute approximate surface area is 183 Å². The van der Waals surface area contributed by atoms with E-state index < -0.39 is 24.1 Å². The van der Waals surface area contributed by atoms with Gasteiger partial charge < -0.3 is 29.5 Å². The third kappa shape index (κ3) is 9.09. The van der Waals surface area contributed by atoms with Crippen molar-refractivity contribution in [2.75, 3.05) is 6.61 Å². The first kappa shape index (κ1) is 26.0. The molecule has 0 unspecified atom stereocenters. The number of aliphatic hydroxyl groups excluding tert-OH is 3. The van der Waals surface area contributed by atoms with Crippen LogP contribution in [0.3, 0.4) is 0 Å². The summed E-state index contributed by atoms with van der Waals surface area (Å²) in [5.74, 6) is -0.569. The maximum atomic E-state index is 10.5. The van der Waals surface area contributed by atoms with Crippen molar-refractivity contribution >= 4 is 0 Å². The third-order valence-corrected chi connectivity index (χ3v) is 6.52. The van der Waals surface area contributed by atoms with Gasteiger partial charge in [0.1, 0.15) is 6.10 Å². The molecule has 0 bridgehead atoms. The third-order valence-electron chi connectivity index (χ3n) is 6.52. The second-order valence-electron chi connectivity index (χ2n) is 9.70. The van der Waals surface area contributed by atoms with E-state index >= 15 is 0 Å². The van der Waals surface area contributed by atoms with E-state index in [1.165, 1.54) is 38.5 Å². The molecule has 2 aliphatic heterocycles. The predicted octanol–water partition coefficient (Wildman–Crippen LogP) is 4.08. The minimum atomic E-state index is -0.784. The topological polar surface area (TPSA) is 88.4 Å². The second kappa shape index (κ2) is 13.3. The molecule has 6 nitrogen and oxygen atoms in total. The summed E-state index contributed by atoms with van der Waals surface area (Å²) in [6, 6.07) is 0. The fraction of sp³-hybridized carbons (Fsp3) is 1.00. The van der Waals surface area contributed by atoms with Crippen LogP contribution in [0.4, 0.5) is 0 Å². The van der Waals surface area contributed by atoms with Gasteiger partial charge in [-0.05, 0) is 46.0 Å². The largest absolute Gasteiger partial charge is 0.390 e. The second-order valence-corrected chi connectivity index (χ2v) is 9.70. The number of ether oxygens (including phenoxy) is 3. The molecule has 2 aliphatic rings. The molecule has 6 atom stereocenters. The van der Waals surface area contributed by atoms with Gasteiger partial charge in [-0.1, -0.05) is 58.3 Å². The predicted molar refractivity (Wildman–Crippen MR) is 117 cm³/mol. The zero-order chi connectivity index (χ0) is 22.0. The van der Waals surface area contributed by atoms with Crippen molar-refractivity contribution in [1.82, 2.24) is 0 Å². The first-order valence-electron chi connectivity index (χ1n) is 12.3. The molecule has 0 radical (unpaired) electrons. The summed E-state index contributed by atoms with van der Waals surface area (Å²) in [5.41, 5.74) is 0. The quantitative estimate of drug-likeness (QED) is 0.339. The summed E-state index contributed by atoms with van der Waals surface area (Å²) in [4.78, 5) is 0. The highest BCUT2D eigenvalue weighted by molar-refractivity contribution is 4.87. The van der Waals surface area contributed by atoms with Gasteiger partial charge in [0.25, 0.3) is 0 Å². The summed E-state index contributed by atoms with van der Waals surface area (Å²) >= 11 is 0. The van der Waals surface area contributed by atoms with Crippen LogP contribution >= 0.6 is 0 Å². The first-order valence-corrected chi connectivity index (χ1v) is 12.3. The minimum absolute atomic E-state index is 0.0519. The van der Waals surface area contributed by atoms with Crippen LogP contribution in [0.2, 0.25) is 0 Å².